The highest BCUT2D eigenvalue weighted by atomic mass is 28.3. The minimum atomic E-state index is -2.79. The standard InChI is InChI=1S/C62H49NSi/c1-46-24-21-25-47(2)61(46)50-44-59(48-26-22-34-54(42-48)62(51-28-9-3-10-29-51,52-30-11-4-12-31-52)53-32-13-5-14-33-53)63-60(45-50)49-27-23-41-58(43-49)64(55-35-15-6-16-36-55,56-37-17-7-18-38-56)57-39-19-8-20-40-57/h3-45H,1-2H3. The van der Waals surface area contributed by atoms with Crippen LogP contribution in [0.25, 0.3) is 33.6 Å². The van der Waals surface area contributed by atoms with Gasteiger partial charge in [0.05, 0.1) is 16.8 Å². The number of aromatic nitrogens is 1. The zero-order valence-corrected chi connectivity index (χ0v) is 37.3. The zero-order valence-electron chi connectivity index (χ0n) is 36.3. The van der Waals surface area contributed by atoms with Crippen molar-refractivity contribution in [2.45, 2.75) is 19.3 Å². The van der Waals surface area contributed by atoms with E-state index < -0.39 is 13.5 Å². The summed E-state index contributed by atoms with van der Waals surface area (Å²) in [5.41, 5.74) is 13.2. The third-order valence-electron chi connectivity index (χ3n) is 13.0. The van der Waals surface area contributed by atoms with E-state index >= 15 is 0 Å². The lowest BCUT2D eigenvalue weighted by molar-refractivity contribution is 0.745. The lowest BCUT2D eigenvalue weighted by Crippen LogP contribution is -2.74. The Morgan fingerprint density at radius 1 is 0.297 bits per heavy atom. The van der Waals surface area contributed by atoms with E-state index in [1.807, 2.05) is 0 Å². The molecular weight excluding hydrogens is 787 g/mol. The fourth-order valence-corrected chi connectivity index (χ4v) is 15.0. The Labute approximate surface area is 379 Å². The molecule has 0 saturated heterocycles. The quantitative estimate of drug-likeness (QED) is 0.0934. The smallest absolute Gasteiger partial charge is 0.179 e. The summed E-state index contributed by atoms with van der Waals surface area (Å²) >= 11 is 0. The Balaban J connectivity index is 1.22. The van der Waals surface area contributed by atoms with Crippen LogP contribution in [0.5, 0.6) is 0 Å². The highest BCUT2D eigenvalue weighted by Gasteiger charge is 2.42. The molecular formula is C62H49NSi. The van der Waals surface area contributed by atoms with Crippen LogP contribution >= 0.6 is 0 Å². The molecule has 1 heterocycles. The van der Waals surface area contributed by atoms with Crippen LogP contribution in [0.2, 0.25) is 0 Å². The van der Waals surface area contributed by atoms with Crippen LogP contribution in [0.4, 0.5) is 0 Å². The fraction of sp³-hybridized carbons (Fsp3) is 0.0484. The molecule has 0 aliphatic heterocycles. The summed E-state index contributed by atoms with van der Waals surface area (Å²) in [6.07, 6.45) is 0. The van der Waals surface area contributed by atoms with Crippen molar-refractivity contribution in [1.82, 2.24) is 4.98 Å². The van der Waals surface area contributed by atoms with Crippen LogP contribution in [0.1, 0.15) is 33.4 Å². The number of benzene rings is 9. The number of hydrogen-bond acceptors (Lipinski definition) is 1. The molecule has 0 saturated carbocycles. The topological polar surface area (TPSA) is 12.9 Å². The van der Waals surface area contributed by atoms with E-state index in [0.717, 1.165) is 28.1 Å². The van der Waals surface area contributed by atoms with Crippen LogP contribution in [0.3, 0.4) is 0 Å². The summed E-state index contributed by atoms with van der Waals surface area (Å²) in [6.45, 7) is 4.44. The normalized spacial score (nSPS) is 11.6. The van der Waals surface area contributed by atoms with E-state index in [1.54, 1.807) is 0 Å². The van der Waals surface area contributed by atoms with Crippen molar-refractivity contribution in [3.63, 3.8) is 0 Å². The molecule has 0 aliphatic carbocycles. The predicted octanol–water partition coefficient (Wildman–Crippen LogP) is 12.5. The Bertz CT molecular complexity index is 2750. The van der Waals surface area contributed by atoms with E-state index in [2.05, 4.69) is 275 Å². The largest absolute Gasteiger partial charge is 0.248 e. The second-order valence-corrected chi connectivity index (χ2v) is 20.6. The van der Waals surface area contributed by atoms with E-state index in [4.69, 9.17) is 4.98 Å². The fourth-order valence-electron chi connectivity index (χ4n) is 10.2. The predicted molar refractivity (Wildman–Crippen MR) is 272 cm³/mol. The van der Waals surface area contributed by atoms with Gasteiger partial charge in [-0.15, -0.1) is 0 Å². The summed E-state index contributed by atoms with van der Waals surface area (Å²) in [7, 11) is -2.79. The van der Waals surface area contributed by atoms with Crippen LogP contribution in [0, 0.1) is 13.8 Å². The molecule has 1 nitrogen and oxygen atoms in total. The number of hydrogen-bond donors (Lipinski definition) is 0. The minimum Gasteiger partial charge on any atom is -0.248 e. The molecule has 0 unspecified atom stereocenters. The molecule has 0 fully saturated rings. The van der Waals surface area contributed by atoms with E-state index in [1.165, 1.54) is 59.7 Å². The monoisotopic (exact) mass is 835 g/mol. The van der Waals surface area contributed by atoms with Gasteiger partial charge in [0.15, 0.2) is 8.07 Å². The first-order chi connectivity index (χ1) is 31.6. The van der Waals surface area contributed by atoms with Crippen molar-refractivity contribution in [3.8, 4) is 33.6 Å². The number of rotatable bonds is 11. The molecule has 2 heteroatoms. The molecule has 0 N–H and O–H groups in total. The average molecular weight is 836 g/mol. The van der Waals surface area contributed by atoms with Gasteiger partial charge in [-0.2, -0.15) is 0 Å². The molecule has 10 aromatic rings. The maximum absolute atomic E-state index is 5.66. The van der Waals surface area contributed by atoms with E-state index in [9.17, 15) is 0 Å². The van der Waals surface area contributed by atoms with Crippen LogP contribution in [0.15, 0.2) is 261 Å². The van der Waals surface area contributed by atoms with Gasteiger partial charge in [-0.3, -0.25) is 0 Å². The summed E-state index contributed by atoms with van der Waals surface area (Å²) in [6, 6.07) is 95.8. The van der Waals surface area contributed by atoms with Gasteiger partial charge in [0.25, 0.3) is 0 Å². The third-order valence-corrected chi connectivity index (χ3v) is 17.8. The molecule has 9 aromatic carbocycles. The van der Waals surface area contributed by atoms with Crippen molar-refractivity contribution in [2.75, 3.05) is 0 Å². The van der Waals surface area contributed by atoms with Gasteiger partial charge in [0, 0.05) is 11.1 Å². The van der Waals surface area contributed by atoms with Crippen molar-refractivity contribution >= 4 is 28.8 Å². The second-order valence-electron chi connectivity index (χ2n) is 16.8. The Kier molecular flexibility index (Phi) is 11.1. The number of aryl methyl sites for hydroxylation is 2. The Morgan fingerprint density at radius 3 is 1.08 bits per heavy atom. The van der Waals surface area contributed by atoms with Crippen molar-refractivity contribution in [2.24, 2.45) is 0 Å². The first-order valence-corrected chi connectivity index (χ1v) is 24.2. The van der Waals surface area contributed by atoms with Crippen LogP contribution in [-0.4, -0.2) is 13.1 Å². The highest BCUT2D eigenvalue weighted by molar-refractivity contribution is 7.19. The second kappa shape index (κ2) is 17.6. The number of nitrogens with zero attached hydrogens (tertiary/aromatic N) is 1. The lowest BCUT2D eigenvalue weighted by atomic mass is 9.65. The van der Waals surface area contributed by atoms with Crippen molar-refractivity contribution < 1.29 is 0 Å². The molecule has 10 rings (SSSR count). The van der Waals surface area contributed by atoms with Crippen LogP contribution in [-0.2, 0) is 5.41 Å². The van der Waals surface area contributed by atoms with Gasteiger partial charge in [-0.25, -0.2) is 4.98 Å². The molecule has 0 spiro atoms. The molecule has 64 heavy (non-hydrogen) atoms. The third kappa shape index (κ3) is 7.22. The van der Waals surface area contributed by atoms with Crippen molar-refractivity contribution in [3.05, 3.63) is 294 Å². The molecule has 0 atom stereocenters. The van der Waals surface area contributed by atoms with Crippen molar-refractivity contribution in [1.29, 1.82) is 0 Å². The Morgan fingerprint density at radius 2 is 0.641 bits per heavy atom. The van der Waals surface area contributed by atoms with Gasteiger partial charge in [-0.1, -0.05) is 243 Å². The van der Waals surface area contributed by atoms with Crippen LogP contribution < -0.4 is 20.7 Å². The molecule has 1 aromatic heterocycles. The SMILES string of the molecule is Cc1cccc(C)c1-c1cc(-c2cccc(C(c3ccccc3)(c3ccccc3)c3ccccc3)c2)nc(-c2cccc([Si](c3ccccc3)(c3ccccc3)c3ccccc3)c2)c1. The van der Waals surface area contributed by atoms with Gasteiger partial charge in [0.1, 0.15) is 0 Å². The van der Waals surface area contributed by atoms with Gasteiger partial charge < -0.3 is 0 Å². The highest BCUT2D eigenvalue weighted by Crippen LogP contribution is 2.46. The first kappa shape index (κ1) is 40.4. The summed E-state index contributed by atoms with van der Waals surface area (Å²) < 4.78 is 0. The summed E-state index contributed by atoms with van der Waals surface area (Å²) in [5, 5.41) is 5.35. The molecule has 0 bridgehead atoms. The maximum atomic E-state index is 5.66. The molecule has 0 aliphatic rings. The lowest BCUT2D eigenvalue weighted by Gasteiger charge is -2.37. The average Bonchev–Trinajstić information content (AvgIpc) is 3.37. The molecule has 0 amide bonds. The Hall–Kier alpha value is -7.65. The van der Waals surface area contributed by atoms with E-state index in [0.29, 0.717) is 0 Å². The molecule has 306 valence electrons. The maximum Gasteiger partial charge on any atom is 0.179 e. The summed E-state index contributed by atoms with van der Waals surface area (Å²) in [4.78, 5) is 5.66. The zero-order chi connectivity index (χ0) is 43.4. The minimum absolute atomic E-state index is 0.582. The summed E-state index contributed by atoms with van der Waals surface area (Å²) in [5.74, 6) is 0. The molecule has 0 radical (unpaired) electrons. The number of pyridine rings is 1. The van der Waals surface area contributed by atoms with Gasteiger partial charge in [0.2, 0.25) is 0 Å². The van der Waals surface area contributed by atoms with Gasteiger partial charge >= 0.3 is 0 Å². The van der Waals surface area contributed by atoms with Gasteiger partial charge in [-0.05, 0) is 97.3 Å². The first-order valence-electron chi connectivity index (χ1n) is 22.2. The van der Waals surface area contributed by atoms with E-state index in [-0.39, 0.29) is 0 Å².